The summed E-state index contributed by atoms with van der Waals surface area (Å²) in [5.41, 5.74) is 2.62. The normalized spacial score (nSPS) is 11.1. The minimum atomic E-state index is -0.419. The molecule has 3 amide bonds. The topological polar surface area (TPSA) is 88.5 Å². The molecule has 0 atom stereocenters. The molecule has 0 spiro atoms. The van der Waals surface area contributed by atoms with E-state index >= 15 is 0 Å². The maximum absolute atomic E-state index is 13.4. The molecular formula is C30H32ClN5O3. The van der Waals surface area contributed by atoms with Gasteiger partial charge in [0.05, 0.1) is 23.5 Å². The van der Waals surface area contributed by atoms with Gasteiger partial charge in [0.2, 0.25) is 5.91 Å². The molecule has 0 radical (unpaired) electrons. The molecule has 0 aliphatic heterocycles. The number of para-hydroxylation sites is 1. The van der Waals surface area contributed by atoms with Gasteiger partial charge in [0.25, 0.3) is 0 Å². The van der Waals surface area contributed by atoms with E-state index in [-0.39, 0.29) is 24.4 Å². The SMILES string of the molecule is COc1cccc(NC(=O)N(CC(=O)Nc2cc(C(C)(C)C)nn2-c2ccccc2Cl)Cc2ccccc2)c1. The molecule has 4 aromatic rings. The third kappa shape index (κ3) is 7.18. The van der Waals surface area contributed by atoms with Gasteiger partial charge in [0.15, 0.2) is 0 Å². The quantitative estimate of drug-likeness (QED) is 0.264. The number of urea groups is 1. The predicted octanol–water partition coefficient (Wildman–Crippen LogP) is 6.50. The number of ether oxygens (including phenoxy) is 1. The molecule has 0 saturated heterocycles. The van der Waals surface area contributed by atoms with Crippen LogP contribution in [0.25, 0.3) is 5.69 Å². The van der Waals surface area contributed by atoms with E-state index in [2.05, 4.69) is 10.6 Å². The van der Waals surface area contributed by atoms with Gasteiger partial charge in [-0.1, -0.05) is 80.9 Å². The Morgan fingerprint density at radius 1 is 0.949 bits per heavy atom. The Bertz CT molecular complexity index is 1450. The molecular weight excluding hydrogens is 514 g/mol. The van der Waals surface area contributed by atoms with E-state index in [1.807, 2.05) is 75.4 Å². The van der Waals surface area contributed by atoms with Crippen molar-refractivity contribution >= 4 is 35.0 Å². The first-order valence-electron chi connectivity index (χ1n) is 12.5. The summed E-state index contributed by atoms with van der Waals surface area (Å²) >= 11 is 6.46. The number of anilines is 2. The minimum absolute atomic E-state index is 0.191. The van der Waals surface area contributed by atoms with Gasteiger partial charge < -0.3 is 20.3 Å². The van der Waals surface area contributed by atoms with Crippen LogP contribution in [-0.2, 0) is 16.8 Å². The van der Waals surface area contributed by atoms with Gasteiger partial charge >= 0.3 is 6.03 Å². The highest BCUT2D eigenvalue weighted by atomic mass is 35.5. The molecule has 0 saturated carbocycles. The van der Waals surface area contributed by atoms with Crippen molar-refractivity contribution in [2.75, 3.05) is 24.3 Å². The van der Waals surface area contributed by atoms with Crippen molar-refractivity contribution in [1.82, 2.24) is 14.7 Å². The Labute approximate surface area is 233 Å². The highest BCUT2D eigenvalue weighted by Crippen LogP contribution is 2.29. The summed E-state index contributed by atoms with van der Waals surface area (Å²) in [5, 5.41) is 11.0. The maximum Gasteiger partial charge on any atom is 0.322 e. The van der Waals surface area contributed by atoms with Gasteiger partial charge in [-0.05, 0) is 29.8 Å². The molecule has 2 N–H and O–H groups in total. The summed E-state index contributed by atoms with van der Waals surface area (Å²) in [6, 6.07) is 25.3. The molecule has 8 nitrogen and oxygen atoms in total. The van der Waals surface area contributed by atoms with E-state index in [1.54, 1.807) is 42.1 Å². The molecule has 202 valence electrons. The van der Waals surface area contributed by atoms with Crippen LogP contribution < -0.4 is 15.4 Å². The van der Waals surface area contributed by atoms with Crippen LogP contribution in [0.4, 0.5) is 16.3 Å². The Morgan fingerprint density at radius 2 is 1.67 bits per heavy atom. The molecule has 3 aromatic carbocycles. The first-order chi connectivity index (χ1) is 18.6. The number of carbonyl (C=O) groups excluding carboxylic acids is 2. The van der Waals surface area contributed by atoms with Gasteiger partial charge in [-0.25, -0.2) is 9.48 Å². The largest absolute Gasteiger partial charge is 0.497 e. The molecule has 1 aromatic heterocycles. The fraction of sp³-hybridized carbons (Fsp3) is 0.233. The Morgan fingerprint density at radius 3 is 2.36 bits per heavy atom. The fourth-order valence-corrected chi connectivity index (χ4v) is 4.12. The summed E-state index contributed by atoms with van der Waals surface area (Å²) < 4.78 is 6.88. The van der Waals surface area contributed by atoms with Gasteiger partial charge in [-0.3, -0.25) is 4.79 Å². The summed E-state index contributed by atoms with van der Waals surface area (Å²) in [6.07, 6.45) is 0. The van der Waals surface area contributed by atoms with Crippen LogP contribution in [0.2, 0.25) is 5.02 Å². The van der Waals surface area contributed by atoms with Gasteiger partial charge in [-0.2, -0.15) is 5.10 Å². The van der Waals surface area contributed by atoms with E-state index < -0.39 is 6.03 Å². The third-order valence-corrected chi connectivity index (χ3v) is 6.30. The number of halogens is 1. The standard InChI is InChI=1S/C30H32ClN5O3/c1-30(2,3)26-18-27(36(34-26)25-16-9-8-15-24(25)31)33-28(37)20-35(19-21-11-6-5-7-12-21)29(38)32-22-13-10-14-23(17-22)39-4/h5-18H,19-20H2,1-4H3,(H,32,38)(H,33,37). The number of rotatable bonds is 8. The molecule has 0 fully saturated rings. The van der Waals surface area contributed by atoms with Crippen LogP contribution >= 0.6 is 11.6 Å². The first kappa shape index (κ1) is 27.7. The highest BCUT2D eigenvalue weighted by molar-refractivity contribution is 6.32. The number of carbonyl (C=O) groups is 2. The van der Waals surface area contributed by atoms with Crippen molar-refractivity contribution in [1.29, 1.82) is 0 Å². The van der Waals surface area contributed by atoms with Crippen LogP contribution in [0.15, 0.2) is 84.9 Å². The number of nitrogens with zero attached hydrogens (tertiary/aromatic N) is 3. The average molecular weight is 546 g/mol. The number of hydrogen-bond acceptors (Lipinski definition) is 4. The fourth-order valence-electron chi connectivity index (χ4n) is 3.91. The van der Waals surface area contributed by atoms with Crippen molar-refractivity contribution in [2.45, 2.75) is 32.7 Å². The molecule has 4 rings (SSSR count). The molecule has 0 aliphatic carbocycles. The number of nitrogens with one attached hydrogen (secondary N) is 2. The van der Waals surface area contributed by atoms with Gasteiger partial charge in [0, 0.05) is 29.8 Å². The lowest BCUT2D eigenvalue weighted by atomic mass is 9.92. The second-order valence-electron chi connectivity index (χ2n) is 10.1. The van der Waals surface area contributed by atoms with Crippen molar-refractivity contribution < 1.29 is 14.3 Å². The van der Waals surface area contributed by atoms with Crippen LogP contribution in [0.1, 0.15) is 32.0 Å². The molecule has 0 aliphatic rings. The lowest BCUT2D eigenvalue weighted by Gasteiger charge is -2.23. The maximum atomic E-state index is 13.4. The zero-order chi connectivity index (χ0) is 28.0. The summed E-state index contributed by atoms with van der Waals surface area (Å²) in [6.45, 7) is 6.18. The van der Waals surface area contributed by atoms with Crippen LogP contribution in [0, 0.1) is 0 Å². The van der Waals surface area contributed by atoms with Crippen LogP contribution in [-0.4, -0.2) is 40.3 Å². The smallest absolute Gasteiger partial charge is 0.322 e. The number of amides is 3. The number of hydrogen-bond donors (Lipinski definition) is 2. The monoisotopic (exact) mass is 545 g/mol. The van der Waals surface area contributed by atoms with E-state index in [4.69, 9.17) is 21.4 Å². The van der Waals surface area contributed by atoms with Crippen LogP contribution in [0.5, 0.6) is 5.75 Å². The zero-order valence-electron chi connectivity index (χ0n) is 22.4. The number of aromatic nitrogens is 2. The second-order valence-corrected chi connectivity index (χ2v) is 10.5. The zero-order valence-corrected chi connectivity index (χ0v) is 23.2. The Kier molecular flexibility index (Phi) is 8.56. The van der Waals surface area contributed by atoms with E-state index in [9.17, 15) is 9.59 Å². The second kappa shape index (κ2) is 12.0. The summed E-state index contributed by atoms with van der Waals surface area (Å²) in [7, 11) is 1.56. The molecule has 39 heavy (non-hydrogen) atoms. The number of benzene rings is 3. The lowest BCUT2D eigenvalue weighted by molar-refractivity contribution is -0.116. The predicted molar refractivity (Wildman–Crippen MR) is 155 cm³/mol. The highest BCUT2D eigenvalue weighted by Gasteiger charge is 2.24. The molecule has 1 heterocycles. The van der Waals surface area contributed by atoms with Crippen molar-refractivity contribution in [3.05, 3.63) is 101 Å². The first-order valence-corrected chi connectivity index (χ1v) is 12.9. The minimum Gasteiger partial charge on any atom is -0.497 e. The van der Waals surface area contributed by atoms with Gasteiger partial charge in [-0.15, -0.1) is 0 Å². The van der Waals surface area contributed by atoms with E-state index in [0.717, 1.165) is 11.3 Å². The molecule has 9 heteroatoms. The molecule has 0 unspecified atom stereocenters. The third-order valence-electron chi connectivity index (χ3n) is 5.98. The Hall–Kier alpha value is -4.30. The lowest BCUT2D eigenvalue weighted by Crippen LogP contribution is -2.40. The van der Waals surface area contributed by atoms with Gasteiger partial charge in [0.1, 0.15) is 18.1 Å². The van der Waals surface area contributed by atoms with Crippen molar-refractivity contribution in [3.63, 3.8) is 0 Å². The van der Waals surface area contributed by atoms with Crippen molar-refractivity contribution in [2.24, 2.45) is 0 Å². The van der Waals surface area contributed by atoms with Crippen LogP contribution in [0.3, 0.4) is 0 Å². The summed E-state index contributed by atoms with van der Waals surface area (Å²) in [4.78, 5) is 28.2. The van der Waals surface area contributed by atoms with E-state index in [0.29, 0.717) is 28.0 Å². The average Bonchev–Trinajstić information content (AvgIpc) is 3.33. The number of methoxy groups -OCH3 is 1. The summed E-state index contributed by atoms with van der Waals surface area (Å²) in [5.74, 6) is 0.703. The van der Waals surface area contributed by atoms with Crippen molar-refractivity contribution in [3.8, 4) is 11.4 Å². The molecule has 0 bridgehead atoms. The van der Waals surface area contributed by atoms with E-state index in [1.165, 1.54) is 4.90 Å². The Balaban J connectivity index is 1.59.